The molecule has 3 heteroatoms. The van der Waals surface area contributed by atoms with E-state index in [2.05, 4.69) is 16.6 Å². The van der Waals surface area contributed by atoms with Crippen LogP contribution in [-0.4, -0.2) is 18.6 Å². The van der Waals surface area contributed by atoms with E-state index in [0.717, 1.165) is 5.92 Å². The quantitative estimate of drug-likeness (QED) is 0.645. The average molecular weight is 195 g/mol. The van der Waals surface area contributed by atoms with E-state index in [1.165, 1.54) is 20.0 Å². The highest BCUT2D eigenvalue weighted by molar-refractivity contribution is 5.36. The summed E-state index contributed by atoms with van der Waals surface area (Å²) >= 11 is 0. The molecule has 1 aliphatic carbocycles. The van der Waals surface area contributed by atoms with Gasteiger partial charge in [0.2, 0.25) is 0 Å². The first-order valence-corrected chi connectivity index (χ1v) is 4.62. The van der Waals surface area contributed by atoms with Gasteiger partial charge in [0.25, 0.3) is 6.47 Å². The molecule has 0 aromatic carbocycles. The third-order valence-corrected chi connectivity index (χ3v) is 1.53. The van der Waals surface area contributed by atoms with E-state index in [1.54, 1.807) is 12.4 Å². The van der Waals surface area contributed by atoms with E-state index < -0.39 is 0 Å². The summed E-state index contributed by atoms with van der Waals surface area (Å²) in [7, 11) is 1.31. The van der Waals surface area contributed by atoms with E-state index in [4.69, 9.17) is 4.79 Å². The van der Waals surface area contributed by atoms with Crippen LogP contribution in [0.1, 0.15) is 19.8 Å². The molecule has 1 heterocycles. The Labute approximate surface area is 85.1 Å². The van der Waals surface area contributed by atoms with Crippen LogP contribution in [0.5, 0.6) is 0 Å². The molecule has 1 fully saturated rings. The fourth-order valence-corrected chi connectivity index (χ4v) is 0.479. The first-order chi connectivity index (χ1) is 6.81. The zero-order chi connectivity index (χ0) is 10.6. The van der Waals surface area contributed by atoms with Crippen molar-refractivity contribution in [1.82, 2.24) is 4.98 Å². The van der Waals surface area contributed by atoms with Gasteiger partial charge in [0.05, 0.1) is 7.11 Å². The average Bonchev–Trinajstić information content (AvgIpc) is 3.05. The lowest BCUT2D eigenvalue weighted by atomic mass is 10.5. The van der Waals surface area contributed by atoms with Crippen LogP contribution in [0.2, 0.25) is 0 Å². The highest BCUT2D eigenvalue weighted by atomic mass is 16.5. The molecule has 0 saturated heterocycles. The maximum absolute atomic E-state index is 8.95. The number of carbonyl (C=O) groups excluding carboxylic acids is 1. The van der Waals surface area contributed by atoms with Crippen LogP contribution in [0.3, 0.4) is 0 Å². The number of rotatable bonds is 1. The van der Waals surface area contributed by atoms with Gasteiger partial charge in [0.15, 0.2) is 0 Å². The number of hydrogen-bond donors (Lipinski definition) is 0. The first kappa shape index (κ1) is 12.6. The SMILES string of the molecule is CC1CC1.COC=O.c1ccncc1. The van der Waals surface area contributed by atoms with E-state index >= 15 is 0 Å². The molecule has 0 aliphatic heterocycles. The fourth-order valence-electron chi connectivity index (χ4n) is 0.479. The highest BCUT2D eigenvalue weighted by Gasteiger charge is 2.12. The number of hydrogen-bond acceptors (Lipinski definition) is 3. The molecule has 0 unspecified atom stereocenters. The van der Waals surface area contributed by atoms with Gasteiger partial charge in [0, 0.05) is 12.4 Å². The monoisotopic (exact) mass is 195 g/mol. The maximum atomic E-state index is 8.95. The van der Waals surface area contributed by atoms with Gasteiger partial charge < -0.3 is 4.74 Å². The van der Waals surface area contributed by atoms with Gasteiger partial charge in [-0.1, -0.05) is 25.8 Å². The number of aromatic nitrogens is 1. The van der Waals surface area contributed by atoms with Crippen molar-refractivity contribution < 1.29 is 9.53 Å². The molecular formula is C11H17NO2. The van der Waals surface area contributed by atoms with Crippen molar-refractivity contribution in [2.24, 2.45) is 5.92 Å². The molecule has 1 aromatic heterocycles. The molecular weight excluding hydrogens is 178 g/mol. The van der Waals surface area contributed by atoms with Crippen LogP contribution >= 0.6 is 0 Å². The predicted molar refractivity (Wildman–Crippen MR) is 55.7 cm³/mol. The minimum atomic E-state index is 0.375. The molecule has 1 aliphatic rings. The van der Waals surface area contributed by atoms with Crippen molar-refractivity contribution in [3.63, 3.8) is 0 Å². The largest absolute Gasteiger partial charge is 0.471 e. The summed E-state index contributed by atoms with van der Waals surface area (Å²) in [6, 6.07) is 5.72. The van der Waals surface area contributed by atoms with Gasteiger partial charge in [-0.3, -0.25) is 9.78 Å². The lowest BCUT2D eigenvalue weighted by Gasteiger charge is -1.70. The van der Waals surface area contributed by atoms with Crippen LogP contribution in [0.4, 0.5) is 0 Å². The first-order valence-electron chi connectivity index (χ1n) is 4.62. The summed E-state index contributed by atoms with van der Waals surface area (Å²) in [4.78, 5) is 12.7. The third-order valence-electron chi connectivity index (χ3n) is 1.53. The molecule has 78 valence electrons. The van der Waals surface area contributed by atoms with Crippen LogP contribution in [0, 0.1) is 5.92 Å². The number of nitrogens with zero attached hydrogens (tertiary/aromatic N) is 1. The summed E-state index contributed by atoms with van der Waals surface area (Å²) in [6.07, 6.45) is 6.47. The molecule has 1 saturated carbocycles. The third kappa shape index (κ3) is 13.2. The smallest absolute Gasteiger partial charge is 0.292 e. The van der Waals surface area contributed by atoms with Crippen molar-refractivity contribution in [2.75, 3.05) is 7.11 Å². The lowest BCUT2D eigenvalue weighted by Crippen LogP contribution is -1.68. The zero-order valence-electron chi connectivity index (χ0n) is 8.72. The Morgan fingerprint density at radius 1 is 1.29 bits per heavy atom. The Kier molecular flexibility index (Phi) is 8.75. The summed E-state index contributed by atoms with van der Waals surface area (Å²) in [6.45, 7) is 2.65. The minimum absolute atomic E-state index is 0.375. The molecule has 0 radical (unpaired) electrons. The van der Waals surface area contributed by atoms with E-state index in [-0.39, 0.29) is 0 Å². The second-order valence-electron chi connectivity index (χ2n) is 3.04. The highest BCUT2D eigenvalue weighted by Crippen LogP contribution is 2.26. The number of carbonyl (C=O) groups is 1. The van der Waals surface area contributed by atoms with Crippen LogP contribution in [0.15, 0.2) is 30.6 Å². The van der Waals surface area contributed by atoms with Gasteiger partial charge >= 0.3 is 0 Å². The maximum Gasteiger partial charge on any atom is 0.292 e. The standard InChI is InChI=1S/C5H5N.C4H8.C2H4O2/c1-2-4-6-5-3-1;1-4-2-3-4;1-4-2-3/h1-5H;4H,2-3H2,1H3;2H,1H3. The van der Waals surface area contributed by atoms with Crippen molar-refractivity contribution in [3.8, 4) is 0 Å². The molecule has 2 rings (SSSR count). The fraction of sp³-hybridized carbons (Fsp3) is 0.455. The minimum Gasteiger partial charge on any atom is -0.471 e. The molecule has 0 amide bonds. The Balaban J connectivity index is 0.000000188. The van der Waals surface area contributed by atoms with E-state index in [0.29, 0.717) is 6.47 Å². The lowest BCUT2D eigenvalue weighted by molar-refractivity contribution is -0.126. The molecule has 0 spiro atoms. The van der Waals surface area contributed by atoms with Crippen LogP contribution in [-0.2, 0) is 9.53 Å². The Bertz CT molecular complexity index is 183. The van der Waals surface area contributed by atoms with Gasteiger partial charge in [0.1, 0.15) is 0 Å². The van der Waals surface area contributed by atoms with Crippen LogP contribution in [0.25, 0.3) is 0 Å². The second-order valence-corrected chi connectivity index (χ2v) is 3.04. The van der Waals surface area contributed by atoms with E-state index in [9.17, 15) is 0 Å². The molecule has 1 aromatic rings. The van der Waals surface area contributed by atoms with Crippen molar-refractivity contribution >= 4 is 6.47 Å². The molecule has 0 atom stereocenters. The molecule has 0 bridgehead atoms. The summed E-state index contributed by atoms with van der Waals surface area (Å²) in [5.41, 5.74) is 0. The molecule has 3 nitrogen and oxygen atoms in total. The molecule has 14 heavy (non-hydrogen) atoms. The Hall–Kier alpha value is -1.38. The summed E-state index contributed by atoms with van der Waals surface area (Å²) in [5.74, 6) is 1.08. The summed E-state index contributed by atoms with van der Waals surface area (Å²) < 4.78 is 3.86. The van der Waals surface area contributed by atoms with Crippen molar-refractivity contribution in [3.05, 3.63) is 30.6 Å². The predicted octanol–water partition coefficient (Wildman–Crippen LogP) is 2.29. The van der Waals surface area contributed by atoms with Gasteiger partial charge in [-0.05, 0) is 18.1 Å². The number of methoxy groups -OCH3 is 1. The summed E-state index contributed by atoms with van der Waals surface area (Å²) in [5, 5.41) is 0. The van der Waals surface area contributed by atoms with E-state index in [1.807, 2.05) is 18.2 Å². The Morgan fingerprint density at radius 2 is 1.71 bits per heavy atom. The molecule has 0 N–H and O–H groups in total. The van der Waals surface area contributed by atoms with Gasteiger partial charge in [-0.25, -0.2) is 0 Å². The van der Waals surface area contributed by atoms with Crippen molar-refractivity contribution in [2.45, 2.75) is 19.8 Å². The normalized spacial score (nSPS) is 12.4. The van der Waals surface area contributed by atoms with Gasteiger partial charge in [-0.15, -0.1) is 0 Å². The Morgan fingerprint density at radius 3 is 1.79 bits per heavy atom. The topological polar surface area (TPSA) is 39.2 Å². The van der Waals surface area contributed by atoms with Crippen LogP contribution < -0.4 is 0 Å². The second kappa shape index (κ2) is 9.71. The number of pyridine rings is 1. The zero-order valence-corrected chi connectivity index (χ0v) is 8.72. The number of ether oxygens (including phenoxy) is 1. The van der Waals surface area contributed by atoms with Crippen molar-refractivity contribution in [1.29, 1.82) is 0 Å². The van der Waals surface area contributed by atoms with Gasteiger partial charge in [-0.2, -0.15) is 0 Å².